The zero-order valence-electron chi connectivity index (χ0n) is 7.10. The van der Waals surface area contributed by atoms with E-state index in [-0.39, 0.29) is 4.91 Å². The number of primary sulfonamides is 1. The Bertz CT molecular complexity index is 494. The van der Waals surface area contributed by atoms with Gasteiger partial charge in [0.15, 0.2) is 0 Å². The fourth-order valence-corrected chi connectivity index (χ4v) is 2.80. The zero-order chi connectivity index (χ0) is 10.2. The first-order valence-electron chi connectivity index (χ1n) is 3.84. The molecular formula is C8H8N2O2S2. The van der Waals surface area contributed by atoms with Crippen molar-refractivity contribution in [2.75, 3.05) is 0 Å². The molecule has 0 unspecified atom stereocenters. The highest BCUT2D eigenvalue weighted by Gasteiger charge is 2.20. The summed E-state index contributed by atoms with van der Waals surface area (Å²) in [6, 6.07) is 7.20. The third-order valence-electron chi connectivity index (χ3n) is 1.82. The summed E-state index contributed by atoms with van der Waals surface area (Å²) in [5, 5.41) is 5.08. The number of nitrogens with one attached hydrogen (secondary N) is 1. The van der Waals surface area contributed by atoms with Gasteiger partial charge < -0.3 is 4.72 Å². The first-order valence-corrected chi connectivity index (χ1v) is 6.20. The van der Waals surface area contributed by atoms with Crippen LogP contribution in [0.1, 0.15) is 5.56 Å². The van der Waals surface area contributed by atoms with E-state index < -0.39 is 10.0 Å². The highest BCUT2D eigenvalue weighted by Crippen LogP contribution is 2.32. The first kappa shape index (κ1) is 9.57. The van der Waals surface area contributed by atoms with Crippen molar-refractivity contribution in [2.45, 2.75) is 4.90 Å². The minimum atomic E-state index is -3.65. The van der Waals surface area contributed by atoms with Crippen molar-refractivity contribution in [3.05, 3.63) is 36.0 Å². The van der Waals surface area contributed by atoms with Crippen molar-refractivity contribution in [3.8, 4) is 0 Å². The van der Waals surface area contributed by atoms with Crippen LogP contribution in [0.25, 0.3) is 4.91 Å². The maximum atomic E-state index is 11.2. The molecule has 4 nitrogen and oxygen atoms in total. The van der Waals surface area contributed by atoms with Crippen LogP contribution in [0.4, 0.5) is 0 Å². The minimum absolute atomic E-state index is 0.131. The van der Waals surface area contributed by atoms with Crippen LogP contribution in [-0.4, -0.2) is 8.42 Å². The Balaban J connectivity index is 2.62. The van der Waals surface area contributed by atoms with Gasteiger partial charge in [-0.25, -0.2) is 13.6 Å². The molecule has 3 N–H and O–H groups in total. The average molecular weight is 228 g/mol. The molecular weight excluding hydrogens is 220 g/mol. The number of hydrogen-bond donors (Lipinski definition) is 2. The lowest BCUT2D eigenvalue weighted by Gasteiger charge is -2.15. The highest BCUT2D eigenvalue weighted by atomic mass is 32.2. The van der Waals surface area contributed by atoms with Gasteiger partial charge in [-0.15, -0.1) is 0 Å². The van der Waals surface area contributed by atoms with Crippen molar-refractivity contribution in [1.29, 1.82) is 0 Å². The van der Waals surface area contributed by atoms with Crippen LogP contribution in [0, 0.1) is 0 Å². The molecule has 0 saturated heterocycles. The molecule has 0 aromatic heterocycles. The van der Waals surface area contributed by atoms with E-state index in [1.165, 1.54) is 18.1 Å². The van der Waals surface area contributed by atoms with E-state index in [1.54, 1.807) is 12.1 Å². The van der Waals surface area contributed by atoms with E-state index in [0.29, 0.717) is 5.56 Å². The quantitative estimate of drug-likeness (QED) is 0.700. The van der Waals surface area contributed by atoms with Crippen LogP contribution in [0.15, 0.2) is 35.4 Å². The van der Waals surface area contributed by atoms with Crippen molar-refractivity contribution in [3.63, 3.8) is 0 Å². The number of hydrogen-bond acceptors (Lipinski definition) is 4. The third-order valence-corrected chi connectivity index (χ3v) is 3.58. The summed E-state index contributed by atoms with van der Waals surface area (Å²) < 4.78 is 25.2. The number of sulfonamides is 1. The zero-order valence-corrected chi connectivity index (χ0v) is 8.73. The van der Waals surface area contributed by atoms with Crippen LogP contribution in [0.3, 0.4) is 0 Å². The Labute approximate surface area is 86.4 Å². The number of nitrogens with two attached hydrogens (primary N) is 1. The number of fused-ring (bicyclic) bond motifs is 1. The third kappa shape index (κ3) is 1.63. The van der Waals surface area contributed by atoms with Gasteiger partial charge in [0, 0.05) is 16.7 Å². The summed E-state index contributed by atoms with van der Waals surface area (Å²) >= 11 is 1.36. The van der Waals surface area contributed by atoms with Crippen molar-refractivity contribution < 1.29 is 8.42 Å². The largest absolute Gasteiger partial charge is 0.331 e. The second-order valence-corrected chi connectivity index (χ2v) is 5.18. The monoisotopic (exact) mass is 228 g/mol. The molecule has 2 rings (SSSR count). The maximum absolute atomic E-state index is 11.2. The lowest BCUT2D eigenvalue weighted by Crippen LogP contribution is -2.18. The minimum Gasteiger partial charge on any atom is -0.331 e. The molecule has 1 aliphatic heterocycles. The van der Waals surface area contributed by atoms with Gasteiger partial charge in [-0.05, 0) is 18.0 Å². The second-order valence-electron chi connectivity index (χ2n) is 2.77. The van der Waals surface area contributed by atoms with E-state index in [2.05, 4.69) is 4.72 Å². The van der Waals surface area contributed by atoms with Crippen molar-refractivity contribution in [1.82, 2.24) is 4.72 Å². The smallest absolute Gasteiger partial charge is 0.240 e. The predicted molar refractivity (Wildman–Crippen MR) is 56.5 cm³/mol. The first-order chi connectivity index (χ1) is 6.59. The highest BCUT2D eigenvalue weighted by molar-refractivity contribution is 8.00. The van der Waals surface area contributed by atoms with Gasteiger partial charge in [-0.2, -0.15) is 0 Å². The summed E-state index contributed by atoms with van der Waals surface area (Å²) in [5.74, 6) is 0. The van der Waals surface area contributed by atoms with Crippen molar-refractivity contribution in [2.24, 2.45) is 5.14 Å². The molecule has 0 amide bonds. The van der Waals surface area contributed by atoms with E-state index in [0.717, 1.165) is 4.90 Å². The summed E-state index contributed by atoms with van der Waals surface area (Å²) in [7, 11) is -3.65. The Hall–Kier alpha value is -0.980. The molecule has 0 bridgehead atoms. The summed E-state index contributed by atoms with van der Waals surface area (Å²) in [6.45, 7) is 0. The second kappa shape index (κ2) is 3.30. The Morgan fingerprint density at radius 1 is 1.29 bits per heavy atom. The topological polar surface area (TPSA) is 72.2 Å². The molecule has 1 aliphatic rings. The van der Waals surface area contributed by atoms with Gasteiger partial charge in [-0.1, -0.05) is 18.2 Å². The van der Waals surface area contributed by atoms with E-state index >= 15 is 0 Å². The molecule has 0 radical (unpaired) electrons. The molecule has 74 valence electrons. The number of rotatable bonds is 1. The standard InChI is InChI=1S/C8H8N2O2S2/c9-14(11,12)8-5-10-13-7-4-2-1-3-6(7)8/h1-5,10H,(H2,9,11,12). The molecule has 1 aromatic rings. The average Bonchev–Trinajstić information content (AvgIpc) is 2.15. The molecule has 1 heterocycles. The molecule has 1 aromatic carbocycles. The van der Waals surface area contributed by atoms with Gasteiger partial charge in [0.1, 0.15) is 4.91 Å². The molecule has 0 atom stereocenters. The van der Waals surface area contributed by atoms with Crippen LogP contribution in [0.5, 0.6) is 0 Å². The Morgan fingerprint density at radius 2 is 2.00 bits per heavy atom. The van der Waals surface area contributed by atoms with Gasteiger partial charge in [-0.3, -0.25) is 0 Å². The lowest BCUT2D eigenvalue weighted by atomic mass is 10.2. The SMILES string of the molecule is NS(=O)(=O)C1=CNSc2ccccc21. The van der Waals surface area contributed by atoms with Crippen LogP contribution >= 0.6 is 11.9 Å². The van der Waals surface area contributed by atoms with E-state index in [4.69, 9.17) is 5.14 Å². The van der Waals surface area contributed by atoms with Crippen LogP contribution < -0.4 is 9.86 Å². The maximum Gasteiger partial charge on any atom is 0.240 e. The molecule has 0 saturated carbocycles. The Kier molecular flexibility index (Phi) is 2.26. The molecule has 0 aliphatic carbocycles. The van der Waals surface area contributed by atoms with Crippen LogP contribution in [-0.2, 0) is 10.0 Å². The van der Waals surface area contributed by atoms with Gasteiger partial charge in [0.2, 0.25) is 10.0 Å². The lowest BCUT2D eigenvalue weighted by molar-refractivity contribution is 0.607. The summed E-state index contributed by atoms with van der Waals surface area (Å²) in [4.78, 5) is 0.992. The van der Waals surface area contributed by atoms with E-state index in [9.17, 15) is 8.42 Å². The molecule has 0 spiro atoms. The molecule has 6 heteroatoms. The summed E-state index contributed by atoms with van der Waals surface area (Å²) in [5.41, 5.74) is 0.652. The number of benzene rings is 1. The van der Waals surface area contributed by atoms with Crippen molar-refractivity contribution >= 4 is 26.9 Å². The van der Waals surface area contributed by atoms with Gasteiger partial charge >= 0.3 is 0 Å². The van der Waals surface area contributed by atoms with E-state index in [1.807, 2.05) is 12.1 Å². The normalized spacial score (nSPS) is 15.4. The molecule has 14 heavy (non-hydrogen) atoms. The summed E-state index contributed by atoms with van der Waals surface area (Å²) in [6.07, 6.45) is 1.41. The molecule has 0 fully saturated rings. The van der Waals surface area contributed by atoms with Gasteiger partial charge in [0.25, 0.3) is 0 Å². The fraction of sp³-hybridized carbons (Fsp3) is 0. The fourth-order valence-electron chi connectivity index (χ4n) is 1.22. The Morgan fingerprint density at radius 3 is 2.71 bits per heavy atom. The predicted octanol–water partition coefficient (Wildman–Crippen LogP) is 0.884. The van der Waals surface area contributed by atoms with Crippen LogP contribution in [0.2, 0.25) is 0 Å². The van der Waals surface area contributed by atoms with Gasteiger partial charge in [0.05, 0.1) is 0 Å².